The first kappa shape index (κ1) is 16.3. The molecule has 0 spiro atoms. The zero-order valence-corrected chi connectivity index (χ0v) is 14.4. The number of hydrogen-bond acceptors (Lipinski definition) is 3. The molecule has 6 nitrogen and oxygen atoms in total. The van der Waals surface area contributed by atoms with Crippen molar-refractivity contribution in [2.45, 2.75) is 45.6 Å². The van der Waals surface area contributed by atoms with Crippen molar-refractivity contribution in [1.82, 2.24) is 20.0 Å². The molecule has 1 aliphatic carbocycles. The lowest BCUT2D eigenvalue weighted by atomic mass is 9.80. The molecule has 0 bridgehead atoms. The summed E-state index contributed by atoms with van der Waals surface area (Å²) < 4.78 is 1.87. The standard InChI is InChI=1S/C17H28N4O2/c1-12-9-21(10-17(12,2)11-22)16(23)18-8-15-14(7-19-20(15)3)13-5-4-6-13/h7,12-13,22H,4-6,8-11H2,1-3H3,(H,18,23). The van der Waals surface area contributed by atoms with E-state index in [1.165, 1.54) is 24.8 Å². The lowest BCUT2D eigenvalue weighted by molar-refractivity contribution is 0.119. The van der Waals surface area contributed by atoms with Gasteiger partial charge in [-0.25, -0.2) is 4.79 Å². The van der Waals surface area contributed by atoms with E-state index in [1.54, 1.807) is 0 Å². The highest BCUT2D eigenvalue weighted by molar-refractivity contribution is 5.74. The Morgan fingerprint density at radius 2 is 2.26 bits per heavy atom. The minimum atomic E-state index is -0.193. The highest BCUT2D eigenvalue weighted by Gasteiger charge is 2.41. The zero-order valence-electron chi connectivity index (χ0n) is 14.4. The summed E-state index contributed by atoms with van der Waals surface area (Å²) in [6.45, 7) is 6.08. The first-order valence-electron chi connectivity index (χ1n) is 8.59. The molecule has 1 aromatic rings. The van der Waals surface area contributed by atoms with Crippen LogP contribution in [0.15, 0.2) is 6.20 Å². The molecule has 2 fully saturated rings. The Kier molecular flexibility index (Phi) is 4.36. The Hall–Kier alpha value is -1.56. The van der Waals surface area contributed by atoms with E-state index in [0.717, 1.165) is 5.69 Å². The van der Waals surface area contributed by atoms with Gasteiger partial charge in [-0.3, -0.25) is 4.68 Å². The van der Waals surface area contributed by atoms with Gasteiger partial charge in [0.1, 0.15) is 0 Å². The molecule has 2 N–H and O–H groups in total. The van der Waals surface area contributed by atoms with E-state index < -0.39 is 0 Å². The quantitative estimate of drug-likeness (QED) is 0.889. The van der Waals surface area contributed by atoms with Gasteiger partial charge in [0.05, 0.1) is 25.0 Å². The second-order valence-corrected chi connectivity index (χ2v) is 7.55. The Labute approximate surface area is 137 Å². The third kappa shape index (κ3) is 2.96. The molecular weight excluding hydrogens is 292 g/mol. The van der Waals surface area contributed by atoms with Crippen LogP contribution in [-0.2, 0) is 13.6 Å². The Balaban J connectivity index is 1.61. The fourth-order valence-electron chi connectivity index (χ4n) is 3.60. The number of amides is 2. The summed E-state index contributed by atoms with van der Waals surface area (Å²) in [5.74, 6) is 0.917. The molecule has 2 atom stereocenters. The largest absolute Gasteiger partial charge is 0.396 e. The number of aromatic nitrogens is 2. The first-order chi connectivity index (χ1) is 10.9. The average molecular weight is 320 g/mol. The number of aryl methyl sites for hydroxylation is 1. The van der Waals surface area contributed by atoms with Crippen molar-refractivity contribution >= 4 is 6.03 Å². The highest BCUT2D eigenvalue weighted by Crippen LogP contribution is 2.38. The number of carbonyl (C=O) groups excluding carboxylic acids is 1. The minimum Gasteiger partial charge on any atom is -0.396 e. The van der Waals surface area contributed by atoms with Crippen molar-refractivity contribution in [1.29, 1.82) is 0 Å². The number of rotatable bonds is 4. The number of carbonyl (C=O) groups is 1. The van der Waals surface area contributed by atoms with Crippen molar-refractivity contribution < 1.29 is 9.90 Å². The van der Waals surface area contributed by atoms with Crippen LogP contribution in [-0.4, -0.2) is 45.5 Å². The van der Waals surface area contributed by atoms with Crippen molar-refractivity contribution in [3.05, 3.63) is 17.5 Å². The molecule has 2 amide bonds. The second-order valence-electron chi connectivity index (χ2n) is 7.55. The van der Waals surface area contributed by atoms with Crippen LogP contribution < -0.4 is 5.32 Å². The monoisotopic (exact) mass is 320 g/mol. The molecule has 3 rings (SSSR count). The Bertz CT molecular complexity index is 581. The molecule has 1 aliphatic heterocycles. The van der Waals surface area contributed by atoms with Gasteiger partial charge in [0.2, 0.25) is 0 Å². The SMILES string of the molecule is CC1CN(C(=O)NCc2c(C3CCC3)cnn2C)CC1(C)CO. The van der Waals surface area contributed by atoms with Crippen LogP contribution in [0.25, 0.3) is 0 Å². The fourth-order valence-corrected chi connectivity index (χ4v) is 3.60. The van der Waals surface area contributed by atoms with E-state index in [4.69, 9.17) is 0 Å². The fraction of sp³-hybridized carbons (Fsp3) is 0.765. The zero-order chi connectivity index (χ0) is 16.6. The first-order valence-corrected chi connectivity index (χ1v) is 8.59. The Morgan fingerprint density at radius 3 is 2.83 bits per heavy atom. The predicted octanol–water partition coefficient (Wildman–Crippen LogP) is 1.85. The molecule has 23 heavy (non-hydrogen) atoms. The van der Waals surface area contributed by atoms with E-state index in [2.05, 4.69) is 17.3 Å². The van der Waals surface area contributed by atoms with Gasteiger partial charge in [0.25, 0.3) is 0 Å². The van der Waals surface area contributed by atoms with Crippen molar-refractivity contribution in [3.63, 3.8) is 0 Å². The summed E-state index contributed by atoms with van der Waals surface area (Å²) in [7, 11) is 1.93. The third-order valence-electron chi connectivity index (χ3n) is 5.93. The van der Waals surface area contributed by atoms with Gasteiger partial charge < -0.3 is 15.3 Å². The number of urea groups is 1. The molecule has 1 aromatic heterocycles. The van der Waals surface area contributed by atoms with Crippen molar-refractivity contribution in [3.8, 4) is 0 Å². The van der Waals surface area contributed by atoms with E-state index >= 15 is 0 Å². The number of aliphatic hydroxyl groups excluding tert-OH is 1. The van der Waals surface area contributed by atoms with E-state index in [1.807, 2.05) is 29.7 Å². The van der Waals surface area contributed by atoms with Crippen LogP contribution in [0.2, 0.25) is 0 Å². The summed E-state index contributed by atoms with van der Waals surface area (Å²) in [5, 5.41) is 17.0. The number of likely N-dealkylation sites (tertiary alicyclic amines) is 1. The summed E-state index contributed by atoms with van der Waals surface area (Å²) in [6.07, 6.45) is 5.69. The molecular formula is C17H28N4O2. The molecule has 1 saturated carbocycles. The minimum absolute atomic E-state index is 0.0465. The van der Waals surface area contributed by atoms with Crippen LogP contribution in [0, 0.1) is 11.3 Å². The van der Waals surface area contributed by atoms with Gasteiger partial charge in [-0.1, -0.05) is 20.3 Å². The normalized spacial score (nSPS) is 28.0. The van der Waals surface area contributed by atoms with Gasteiger partial charge in [-0.15, -0.1) is 0 Å². The van der Waals surface area contributed by atoms with Gasteiger partial charge in [-0.2, -0.15) is 5.10 Å². The molecule has 2 aliphatic rings. The molecule has 2 heterocycles. The van der Waals surface area contributed by atoms with Gasteiger partial charge in [0, 0.05) is 25.6 Å². The van der Waals surface area contributed by atoms with Gasteiger partial charge in [0.15, 0.2) is 0 Å². The molecule has 0 radical (unpaired) electrons. The molecule has 1 saturated heterocycles. The van der Waals surface area contributed by atoms with Crippen LogP contribution >= 0.6 is 0 Å². The van der Waals surface area contributed by atoms with E-state index in [0.29, 0.717) is 31.5 Å². The molecule has 128 valence electrons. The van der Waals surface area contributed by atoms with Crippen LogP contribution in [0.3, 0.4) is 0 Å². The summed E-state index contributed by atoms with van der Waals surface area (Å²) in [4.78, 5) is 14.3. The van der Waals surface area contributed by atoms with E-state index in [9.17, 15) is 9.90 Å². The summed E-state index contributed by atoms with van der Waals surface area (Å²) in [5.41, 5.74) is 2.20. The topological polar surface area (TPSA) is 70.4 Å². The summed E-state index contributed by atoms with van der Waals surface area (Å²) >= 11 is 0. The number of hydrogen-bond donors (Lipinski definition) is 2. The Morgan fingerprint density at radius 1 is 1.52 bits per heavy atom. The van der Waals surface area contributed by atoms with Crippen molar-refractivity contribution in [2.75, 3.05) is 19.7 Å². The van der Waals surface area contributed by atoms with Gasteiger partial charge >= 0.3 is 6.03 Å². The number of nitrogens with one attached hydrogen (secondary N) is 1. The number of aliphatic hydroxyl groups is 1. The van der Waals surface area contributed by atoms with Crippen LogP contribution in [0.1, 0.15) is 50.3 Å². The lowest BCUT2D eigenvalue weighted by Gasteiger charge is -2.26. The highest BCUT2D eigenvalue weighted by atomic mass is 16.3. The van der Waals surface area contributed by atoms with E-state index in [-0.39, 0.29) is 18.1 Å². The molecule has 6 heteroatoms. The number of nitrogens with zero attached hydrogens (tertiary/aromatic N) is 3. The molecule has 0 aromatic carbocycles. The van der Waals surface area contributed by atoms with Crippen LogP contribution in [0.4, 0.5) is 4.79 Å². The second kappa shape index (κ2) is 6.15. The smallest absolute Gasteiger partial charge is 0.317 e. The maximum Gasteiger partial charge on any atom is 0.317 e. The van der Waals surface area contributed by atoms with Crippen molar-refractivity contribution in [2.24, 2.45) is 18.4 Å². The maximum atomic E-state index is 12.5. The van der Waals surface area contributed by atoms with Gasteiger partial charge in [-0.05, 0) is 30.2 Å². The predicted molar refractivity (Wildman–Crippen MR) is 88.0 cm³/mol. The lowest BCUT2D eigenvalue weighted by Crippen LogP contribution is -2.40. The molecule has 2 unspecified atom stereocenters. The average Bonchev–Trinajstić information content (AvgIpc) is 2.97. The summed E-state index contributed by atoms with van der Waals surface area (Å²) in [6, 6.07) is -0.0465. The maximum absolute atomic E-state index is 12.5. The third-order valence-corrected chi connectivity index (χ3v) is 5.93. The van der Waals surface area contributed by atoms with Crippen LogP contribution in [0.5, 0.6) is 0 Å².